The van der Waals surface area contributed by atoms with E-state index in [1.165, 1.54) is 32.4 Å². The highest BCUT2D eigenvalue weighted by Gasteiger charge is 2.27. The van der Waals surface area contributed by atoms with Crippen LogP contribution in [0.15, 0.2) is 54.6 Å². The van der Waals surface area contributed by atoms with Gasteiger partial charge in [-0.1, -0.05) is 41.9 Å². The van der Waals surface area contributed by atoms with Crippen LogP contribution in [0.1, 0.15) is 41.1 Å². The van der Waals surface area contributed by atoms with E-state index in [1.54, 1.807) is 17.0 Å². The highest BCUT2D eigenvalue weighted by Crippen LogP contribution is 2.21. The molecule has 0 saturated carbocycles. The summed E-state index contributed by atoms with van der Waals surface area (Å²) in [5, 5.41) is 0.666. The molecule has 128 valence electrons. The monoisotopic (exact) mass is 363 g/mol. The zero-order valence-corrected chi connectivity index (χ0v) is 15.2. The van der Waals surface area contributed by atoms with Gasteiger partial charge in [0.15, 0.2) is 5.78 Å². The molecular weight excluding hydrogens is 341 g/mol. The van der Waals surface area contributed by atoms with Crippen LogP contribution < -0.4 is 17.3 Å². The van der Waals surface area contributed by atoms with Gasteiger partial charge in [-0.25, -0.2) is 0 Å². The van der Waals surface area contributed by atoms with Gasteiger partial charge in [-0.3, -0.25) is 4.79 Å². The maximum absolute atomic E-state index is 13.1. The first-order valence-corrected chi connectivity index (χ1v) is 8.80. The third-order valence-corrected chi connectivity index (χ3v) is 4.95. The topological polar surface area (TPSA) is 21.5 Å². The summed E-state index contributed by atoms with van der Waals surface area (Å²) in [4.78, 5) is 14.6. The van der Waals surface area contributed by atoms with Crippen molar-refractivity contribution in [2.45, 2.75) is 25.2 Å². The van der Waals surface area contributed by atoms with Gasteiger partial charge >= 0.3 is 0 Å². The van der Waals surface area contributed by atoms with Crippen molar-refractivity contribution >= 4 is 17.4 Å². The minimum atomic E-state index is -0.0783. The van der Waals surface area contributed by atoms with Crippen LogP contribution in [0.3, 0.4) is 0 Å². The van der Waals surface area contributed by atoms with Crippen molar-refractivity contribution < 1.29 is 22.1 Å². The summed E-state index contributed by atoms with van der Waals surface area (Å²) in [6.45, 7) is 3.24. The molecule has 24 heavy (non-hydrogen) atoms. The molecule has 2 aromatic carbocycles. The second-order valence-electron chi connectivity index (χ2n) is 6.35. The van der Waals surface area contributed by atoms with E-state index in [0.717, 1.165) is 17.7 Å². The Morgan fingerprint density at radius 2 is 1.58 bits per heavy atom. The second kappa shape index (κ2) is 9.22. The van der Waals surface area contributed by atoms with E-state index in [1.807, 2.05) is 30.3 Å². The molecule has 3 rings (SSSR count). The quantitative estimate of drug-likeness (QED) is 0.762. The minimum absolute atomic E-state index is 0. The molecule has 1 N–H and O–H groups in total. The van der Waals surface area contributed by atoms with Crippen molar-refractivity contribution in [3.63, 3.8) is 0 Å². The Morgan fingerprint density at radius 1 is 0.958 bits per heavy atom. The lowest BCUT2D eigenvalue weighted by Crippen LogP contribution is -3.13. The van der Waals surface area contributed by atoms with Gasteiger partial charge in [-0.05, 0) is 49.1 Å². The van der Waals surface area contributed by atoms with Crippen LogP contribution in [0.25, 0.3) is 0 Å². The molecule has 0 spiro atoms. The standard InChI is InChI=1S/C20H22ClNO.ClH/c21-18-11-9-17(10-12-18)20(23)19(16-7-3-1-4-8-16)15-22-13-5-2-6-14-22;/h1,3-4,7-12,19H,2,5-6,13-15H2;1H. The number of likely N-dealkylation sites (tertiary alicyclic amines) is 1. The molecule has 0 aromatic heterocycles. The van der Waals surface area contributed by atoms with Gasteiger partial charge in [0.1, 0.15) is 0 Å². The number of Topliss-reactive ketones (excluding diaryl/α,β-unsaturated/α-hetero) is 1. The predicted molar refractivity (Wildman–Crippen MR) is 94.4 cm³/mol. The van der Waals surface area contributed by atoms with E-state index in [4.69, 9.17) is 11.6 Å². The summed E-state index contributed by atoms with van der Waals surface area (Å²) in [6, 6.07) is 17.4. The predicted octanol–water partition coefficient (Wildman–Crippen LogP) is 0.379. The van der Waals surface area contributed by atoms with Crippen LogP contribution in [0, 0.1) is 0 Å². The second-order valence-corrected chi connectivity index (χ2v) is 6.79. The van der Waals surface area contributed by atoms with Gasteiger partial charge in [0.05, 0.1) is 25.6 Å². The molecule has 2 nitrogen and oxygen atoms in total. The van der Waals surface area contributed by atoms with Crippen molar-refractivity contribution in [2.24, 2.45) is 0 Å². The average molecular weight is 364 g/mol. The first kappa shape index (κ1) is 19.0. The molecule has 0 radical (unpaired) electrons. The molecule has 1 fully saturated rings. The lowest BCUT2D eigenvalue weighted by atomic mass is 9.89. The maximum atomic E-state index is 13.1. The smallest absolute Gasteiger partial charge is 0.175 e. The van der Waals surface area contributed by atoms with E-state index in [0.29, 0.717) is 5.02 Å². The van der Waals surface area contributed by atoms with E-state index in [9.17, 15) is 4.79 Å². The Kier molecular flexibility index (Phi) is 7.29. The van der Waals surface area contributed by atoms with Crippen LogP contribution in [0.4, 0.5) is 0 Å². The van der Waals surface area contributed by atoms with Crippen molar-refractivity contribution in [2.75, 3.05) is 19.6 Å². The number of carbonyl (C=O) groups is 1. The highest BCUT2D eigenvalue weighted by molar-refractivity contribution is 6.30. The Bertz CT molecular complexity index is 636. The third-order valence-electron chi connectivity index (χ3n) is 4.70. The summed E-state index contributed by atoms with van der Waals surface area (Å²) < 4.78 is 0. The van der Waals surface area contributed by atoms with Crippen molar-refractivity contribution in [1.82, 2.24) is 0 Å². The number of hydrogen-bond acceptors (Lipinski definition) is 1. The number of nitrogens with one attached hydrogen (secondary N) is 1. The first-order valence-electron chi connectivity index (χ1n) is 8.42. The van der Waals surface area contributed by atoms with Crippen molar-refractivity contribution in [3.8, 4) is 0 Å². The summed E-state index contributed by atoms with van der Waals surface area (Å²) in [6.07, 6.45) is 3.86. The molecule has 0 bridgehead atoms. The zero-order chi connectivity index (χ0) is 16.1. The Morgan fingerprint density at radius 3 is 2.21 bits per heavy atom. The molecule has 1 aliphatic rings. The largest absolute Gasteiger partial charge is 1.00 e. The number of halogens is 2. The van der Waals surface area contributed by atoms with Crippen LogP contribution >= 0.6 is 11.6 Å². The number of piperidine rings is 1. The molecule has 1 aliphatic heterocycles. The number of carbonyl (C=O) groups excluding carboxylic acids is 1. The minimum Gasteiger partial charge on any atom is -1.00 e. The molecule has 2 aromatic rings. The van der Waals surface area contributed by atoms with E-state index < -0.39 is 0 Å². The number of rotatable bonds is 5. The van der Waals surface area contributed by atoms with E-state index >= 15 is 0 Å². The van der Waals surface area contributed by atoms with Crippen LogP contribution in [-0.4, -0.2) is 25.4 Å². The fraction of sp³-hybridized carbons (Fsp3) is 0.350. The highest BCUT2D eigenvalue weighted by atomic mass is 35.5. The summed E-state index contributed by atoms with van der Waals surface area (Å²) >= 11 is 5.95. The number of quaternary nitrogens is 1. The normalized spacial score (nSPS) is 16.2. The van der Waals surface area contributed by atoms with Gasteiger partial charge in [-0.2, -0.15) is 0 Å². The summed E-state index contributed by atoms with van der Waals surface area (Å²) in [5.41, 5.74) is 1.87. The lowest BCUT2D eigenvalue weighted by molar-refractivity contribution is -0.905. The molecule has 4 heteroatoms. The molecule has 0 amide bonds. The van der Waals surface area contributed by atoms with Crippen LogP contribution in [-0.2, 0) is 0 Å². The van der Waals surface area contributed by atoms with Crippen LogP contribution in [0.2, 0.25) is 5.02 Å². The Labute approximate surface area is 155 Å². The third kappa shape index (κ3) is 4.83. The van der Waals surface area contributed by atoms with Gasteiger partial charge in [0.25, 0.3) is 0 Å². The number of ketones is 1. The fourth-order valence-corrected chi connectivity index (χ4v) is 3.53. The van der Waals surface area contributed by atoms with Gasteiger partial charge < -0.3 is 17.3 Å². The summed E-state index contributed by atoms with van der Waals surface area (Å²) in [5.74, 6) is 0.122. The molecule has 0 aliphatic carbocycles. The maximum Gasteiger partial charge on any atom is 0.175 e. The SMILES string of the molecule is O=C(c1ccc(Cl)cc1)C(C[NH+]1CCCCC1)c1ccccc1.[Cl-]. The first-order chi connectivity index (χ1) is 11.2. The zero-order valence-electron chi connectivity index (χ0n) is 13.7. The molecule has 1 unspecified atom stereocenters. The molecule has 1 saturated heterocycles. The van der Waals surface area contributed by atoms with Gasteiger partial charge in [0, 0.05) is 10.6 Å². The Hall–Kier alpha value is -1.35. The fourth-order valence-electron chi connectivity index (χ4n) is 3.41. The lowest BCUT2D eigenvalue weighted by Gasteiger charge is -2.27. The molecule has 1 atom stereocenters. The molecular formula is C20H23Cl2NO. The van der Waals surface area contributed by atoms with E-state index in [2.05, 4.69) is 12.1 Å². The Balaban J connectivity index is 0.00000208. The van der Waals surface area contributed by atoms with Crippen LogP contribution in [0.5, 0.6) is 0 Å². The van der Waals surface area contributed by atoms with Crippen molar-refractivity contribution in [1.29, 1.82) is 0 Å². The number of benzene rings is 2. The average Bonchev–Trinajstić information content (AvgIpc) is 2.61. The van der Waals surface area contributed by atoms with Gasteiger partial charge in [-0.15, -0.1) is 0 Å². The summed E-state index contributed by atoms with van der Waals surface area (Å²) in [7, 11) is 0. The van der Waals surface area contributed by atoms with Crippen molar-refractivity contribution in [3.05, 3.63) is 70.7 Å². The van der Waals surface area contributed by atoms with E-state index in [-0.39, 0.29) is 24.1 Å². The number of hydrogen-bond donors (Lipinski definition) is 1. The van der Waals surface area contributed by atoms with Gasteiger partial charge in [0.2, 0.25) is 0 Å². The molecule has 1 heterocycles.